The van der Waals surface area contributed by atoms with Gasteiger partial charge in [-0.3, -0.25) is 9.59 Å². The Kier molecular flexibility index (Phi) is 4.55. The molecule has 0 spiro atoms. The molecule has 0 saturated carbocycles. The zero-order valence-corrected chi connectivity index (χ0v) is 13.7. The first-order valence-electron chi connectivity index (χ1n) is 6.99. The molecule has 3 aromatic rings. The van der Waals surface area contributed by atoms with Crippen molar-refractivity contribution in [3.8, 4) is 0 Å². The van der Waals surface area contributed by atoms with E-state index in [-0.39, 0.29) is 27.6 Å². The molecule has 1 aromatic heterocycles. The summed E-state index contributed by atoms with van der Waals surface area (Å²) in [6.07, 6.45) is 1.29. The van der Waals surface area contributed by atoms with E-state index < -0.39 is 11.7 Å². The largest absolute Gasteiger partial charge is 0.329 e. The molecular formula is C17H11Cl2FN2O2. The molecule has 3 rings (SSSR count). The highest BCUT2D eigenvalue weighted by atomic mass is 35.5. The predicted octanol–water partition coefficient (Wildman–Crippen LogP) is 4.16. The molecule has 0 aliphatic heterocycles. The number of aromatic amines is 1. The van der Waals surface area contributed by atoms with E-state index >= 15 is 0 Å². The van der Waals surface area contributed by atoms with Crippen LogP contribution in [0.4, 0.5) is 10.1 Å². The molecule has 0 radical (unpaired) electrons. The first kappa shape index (κ1) is 16.5. The van der Waals surface area contributed by atoms with Crippen molar-refractivity contribution in [2.24, 2.45) is 0 Å². The van der Waals surface area contributed by atoms with E-state index in [1.54, 1.807) is 12.1 Å². The number of aromatic nitrogens is 1. The summed E-state index contributed by atoms with van der Waals surface area (Å²) in [6.45, 7) is 0. The van der Waals surface area contributed by atoms with Gasteiger partial charge in [-0.1, -0.05) is 29.3 Å². The lowest BCUT2D eigenvalue weighted by Crippen LogP contribution is -2.16. The highest BCUT2D eigenvalue weighted by molar-refractivity contribution is 6.35. The summed E-state index contributed by atoms with van der Waals surface area (Å²) >= 11 is 11.8. The number of carbonyl (C=O) groups is 1. The van der Waals surface area contributed by atoms with Gasteiger partial charge in [-0.2, -0.15) is 0 Å². The second-order valence-electron chi connectivity index (χ2n) is 5.15. The smallest absolute Gasteiger partial charge is 0.255 e. The minimum atomic E-state index is -0.557. The van der Waals surface area contributed by atoms with Crippen molar-refractivity contribution in [3.63, 3.8) is 0 Å². The Bertz CT molecular complexity index is 1000. The molecule has 7 heteroatoms. The van der Waals surface area contributed by atoms with Crippen LogP contribution in [0.25, 0.3) is 10.8 Å². The van der Waals surface area contributed by atoms with E-state index in [0.29, 0.717) is 16.5 Å². The number of pyridine rings is 1. The van der Waals surface area contributed by atoms with Crippen LogP contribution < -0.4 is 10.9 Å². The van der Waals surface area contributed by atoms with Gasteiger partial charge in [0, 0.05) is 22.0 Å². The standard InChI is InChI=1S/C17H11Cl2FN2O2/c18-10-2-1-9(14(20)8-10)7-15(23)22-16-11-5-6-21-17(24)12(11)3-4-13(16)19/h1-6,8H,7H2,(H,21,24)(H,22,23). The second-order valence-corrected chi connectivity index (χ2v) is 5.99. The van der Waals surface area contributed by atoms with Crippen LogP contribution in [-0.4, -0.2) is 10.9 Å². The van der Waals surface area contributed by atoms with E-state index in [4.69, 9.17) is 23.2 Å². The molecule has 0 fully saturated rings. The molecule has 1 heterocycles. The number of hydrogen-bond acceptors (Lipinski definition) is 2. The fraction of sp³-hybridized carbons (Fsp3) is 0.0588. The van der Waals surface area contributed by atoms with Crippen molar-refractivity contribution >= 4 is 45.6 Å². The van der Waals surface area contributed by atoms with Crippen LogP contribution in [-0.2, 0) is 11.2 Å². The highest BCUT2D eigenvalue weighted by Crippen LogP contribution is 2.29. The molecular weight excluding hydrogens is 354 g/mol. The number of carbonyl (C=O) groups excluding carboxylic acids is 1. The molecule has 0 atom stereocenters. The first-order valence-corrected chi connectivity index (χ1v) is 7.75. The van der Waals surface area contributed by atoms with Crippen molar-refractivity contribution in [3.05, 3.63) is 74.4 Å². The molecule has 24 heavy (non-hydrogen) atoms. The van der Waals surface area contributed by atoms with Gasteiger partial charge in [-0.15, -0.1) is 0 Å². The average molecular weight is 365 g/mol. The number of H-pyrrole nitrogens is 1. The van der Waals surface area contributed by atoms with E-state index in [9.17, 15) is 14.0 Å². The van der Waals surface area contributed by atoms with Gasteiger partial charge in [0.1, 0.15) is 5.82 Å². The maximum absolute atomic E-state index is 13.8. The quantitative estimate of drug-likeness (QED) is 0.732. The number of rotatable bonds is 3. The summed E-state index contributed by atoms with van der Waals surface area (Å²) in [5, 5.41) is 4.10. The zero-order valence-electron chi connectivity index (χ0n) is 12.2. The number of amides is 1. The van der Waals surface area contributed by atoms with Crippen molar-refractivity contribution in [2.75, 3.05) is 5.32 Å². The van der Waals surface area contributed by atoms with Crippen LogP contribution in [0, 0.1) is 5.82 Å². The van der Waals surface area contributed by atoms with Crippen LogP contribution in [0.2, 0.25) is 10.0 Å². The Hall–Kier alpha value is -2.37. The molecule has 0 bridgehead atoms. The van der Waals surface area contributed by atoms with Crippen LogP contribution in [0.3, 0.4) is 0 Å². The van der Waals surface area contributed by atoms with Gasteiger partial charge in [0.05, 0.1) is 17.1 Å². The van der Waals surface area contributed by atoms with Crippen LogP contribution >= 0.6 is 23.2 Å². The highest BCUT2D eigenvalue weighted by Gasteiger charge is 2.13. The Morgan fingerprint density at radius 3 is 2.67 bits per heavy atom. The van der Waals surface area contributed by atoms with Gasteiger partial charge in [-0.25, -0.2) is 4.39 Å². The summed E-state index contributed by atoms with van der Waals surface area (Å²) in [7, 11) is 0. The fourth-order valence-corrected chi connectivity index (χ4v) is 2.76. The number of nitrogens with one attached hydrogen (secondary N) is 2. The Balaban J connectivity index is 1.92. The van der Waals surface area contributed by atoms with Gasteiger partial charge in [-0.05, 0) is 35.9 Å². The molecule has 0 aliphatic rings. The van der Waals surface area contributed by atoms with Crippen molar-refractivity contribution in [1.29, 1.82) is 0 Å². The SMILES string of the molecule is O=C(Cc1ccc(Cl)cc1F)Nc1c(Cl)ccc2c(=O)[nH]ccc12. The summed E-state index contributed by atoms with van der Waals surface area (Å²) in [5.74, 6) is -1.01. The lowest BCUT2D eigenvalue weighted by Gasteiger charge is -2.11. The van der Waals surface area contributed by atoms with Gasteiger partial charge in [0.2, 0.25) is 5.91 Å². The van der Waals surface area contributed by atoms with Crippen molar-refractivity contribution < 1.29 is 9.18 Å². The maximum Gasteiger partial charge on any atom is 0.255 e. The molecule has 4 nitrogen and oxygen atoms in total. The van der Waals surface area contributed by atoms with Crippen molar-refractivity contribution in [2.45, 2.75) is 6.42 Å². The van der Waals surface area contributed by atoms with E-state index in [0.717, 1.165) is 6.07 Å². The zero-order chi connectivity index (χ0) is 17.3. The molecule has 2 aromatic carbocycles. The summed E-state index contributed by atoms with van der Waals surface area (Å²) in [5.41, 5.74) is 0.245. The first-order chi connectivity index (χ1) is 11.5. The maximum atomic E-state index is 13.8. The third-order valence-corrected chi connectivity index (χ3v) is 4.08. The van der Waals surface area contributed by atoms with E-state index in [2.05, 4.69) is 10.3 Å². The Labute approximate surface area is 146 Å². The number of anilines is 1. The van der Waals surface area contributed by atoms with Crippen LogP contribution in [0.1, 0.15) is 5.56 Å². The third-order valence-electron chi connectivity index (χ3n) is 3.53. The minimum absolute atomic E-state index is 0.182. The molecule has 0 saturated heterocycles. The number of benzene rings is 2. The predicted molar refractivity (Wildman–Crippen MR) is 93.3 cm³/mol. The average Bonchev–Trinajstić information content (AvgIpc) is 2.53. The Morgan fingerprint density at radius 2 is 1.92 bits per heavy atom. The number of halogens is 3. The number of hydrogen-bond donors (Lipinski definition) is 2. The van der Waals surface area contributed by atoms with Gasteiger partial charge < -0.3 is 10.3 Å². The molecule has 122 valence electrons. The van der Waals surface area contributed by atoms with E-state index in [1.807, 2.05) is 0 Å². The lowest BCUT2D eigenvalue weighted by atomic mass is 10.1. The van der Waals surface area contributed by atoms with Gasteiger partial charge in [0.15, 0.2) is 0 Å². The third kappa shape index (κ3) is 3.27. The van der Waals surface area contributed by atoms with E-state index in [1.165, 1.54) is 24.4 Å². The van der Waals surface area contributed by atoms with Crippen molar-refractivity contribution in [1.82, 2.24) is 4.98 Å². The summed E-state index contributed by atoms with van der Waals surface area (Å²) in [4.78, 5) is 26.6. The molecule has 2 N–H and O–H groups in total. The summed E-state index contributed by atoms with van der Waals surface area (Å²) in [6, 6.07) is 8.85. The van der Waals surface area contributed by atoms with Gasteiger partial charge in [0.25, 0.3) is 5.56 Å². The minimum Gasteiger partial charge on any atom is -0.329 e. The fourth-order valence-electron chi connectivity index (χ4n) is 2.39. The monoisotopic (exact) mass is 364 g/mol. The van der Waals surface area contributed by atoms with Crippen LogP contribution in [0.15, 0.2) is 47.4 Å². The molecule has 0 aliphatic carbocycles. The molecule has 1 amide bonds. The summed E-state index contributed by atoms with van der Waals surface area (Å²) < 4.78 is 13.8. The molecule has 0 unspecified atom stereocenters. The topological polar surface area (TPSA) is 62.0 Å². The lowest BCUT2D eigenvalue weighted by molar-refractivity contribution is -0.115. The Morgan fingerprint density at radius 1 is 1.12 bits per heavy atom. The van der Waals surface area contributed by atoms with Gasteiger partial charge >= 0.3 is 0 Å². The second kappa shape index (κ2) is 6.63. The van der Waals surface area contributed by atoms with Crippen LogP contribution in [0.5, 0.6) is 0 Å². The normalized spacial score (nSPS) is 10.8. The number of fused-ring (bicyclic) bond motifs is 1.